The second-order valence-corrected chi connectivity index (χ2v) is 7.93. The second kappa shape index (κ2) is 7.34. The average molecular weight is 383 g/mol. The van der Waals surface area contributed by atoms with Crippen molar-refractivity contribution in [1.82, 2.24) is 14.9 Å². The molecule has 1 aliphatic heterocycles. The number of pyridine rings is 1. The van der Waals surface area contributed by atoms with Crippen molar-refractivity contribution in [2.75, 3.05) is 13.2 Å². The third kappa shape index (κ3) is 4.16. The van der Waals surface area contributed by atoms with Gasteiger partial charge in [0.1, 0.15) is 16.8 Å². The molecule has 0 unspecified atom stereocenters. The number of carbonyl (C=O) groups is 1. The predicted molar refractivity (Wildman–Crippen MR) is 104 cm³/mol. The maximum absolute atomic E-state index is 13.2. The molecule has 3 aromatic rings. The van der Waals surface area contributed by atoms with Crippen LogP contribution in [0.15, 0.2) is 48.0 Å². The lowest BCUT2D eigenvalue weighted by Crippen LogP contribution is -2.39. The molecule has 3 heterocycles. The van der Waals surface area contributed by atoms with Crippen LogP contribution in [0.4, 0.5) is 0 Å². The Hall–Kier alpha value is -2.35. The third-order valence-corrected chi connectivity index (χ3v) is 5.17. The van der Waals surface area contributed by atoms with E-state index in [4.69, 9.17) is 9.47 Å². The van der Waals surface area contributed by atoms with Crippen LogP contribution in [-0.4, -0.2) is 45.8 Å². The van der Waals surface area contributed by atoms with Crippen molar-refractivity contribution in [2.24, 2.45) is 0 Å². The fourth-order valence-corrected chi connectivity index (χ4v) is 3.79. The van der Waals surface area contributed by atoms with E-state index in [-0.39, 0.29) is 12.0 Å². The summed E-state index contributed by atoms with van der Waals surface area (Å²) in [7, 11) is 0. The Bertz CT molecular complexity index is 943. The number of para-hydroxylation sites is 1. The molecule has 1 saturated heterocycles. The molecule has 1 atom stereocenters. The highest BCUT2D eigenvalue weighted by molar-refractivity contribution is 7.09. The van der Waals surface area contributed by atoms with Crippen molar-refractivity contribution in [3.63, 3.8) is 0 Å². The van der Waals surface area contributed by atoms with Gasteiger partial charge >= 0.3 is 0 Å². The lowest BCUT2D eigenvalue weighted by atomic mass is 10.2. The van der Waals surface area contributed by atoms with Gasteiger partial charge in [0.2, 0.25) is 0 Å². The first-order valence-electron chi connectivity index (χ1n) is 8.85. The SMILES string of the molecule is CC1(C)OC[C@@H](CN(Cc2nccs2)C(=O)c2ccc3ccccc3n2)O1. The van der Waals surface area contributed by atoms with E-state index in [1.165, 1.54) is 11.3 Å². The molecule has 7 heteroatoms. The minimum atomic E-state index is -0.623. The van der Waals surface area contributed by atoms with Crippen molar-refractivity contribution < 1.29 is 14.3 Å². The number of carbonyl (C=O) groups excluding carboxylic acids is 1. The van der Waals surface area contributed by atoms with Crippen LogP contribution < -0.4 is 0 Å². The first-order valence-corrected chi connectivity index (χ1v) is 9.73. The normalized spacial score (nSPS) is 18.7. The summed E-state index contributed by atoms with van der Waals surface area (Å²) < 4.78 is 11.5. The van der Waals surface area contributed by atoms with E-state index >= 15 is 0 Å². The Morgan fingerprint density at radius 1 is 1.30 bits per heavy atom. The molecule has 140 valence electrons. The monoisotopic (exact) mass is 383 g/mol. The maximum atomic E-state index is 13.2. The summed E-state index contributed by atoms with van der Waals surface area (Å²) in [6.45, 7) is 5.07. The highest BCUT2D eigenvalue weighted by atomic mass is 32.1. The minimum Gasteiger partial charge on any atom is -0.348 e. The summed E-state index contributed by atoms with van der Waals surface area (Å²) in [4.78, 5) is 23.8. The van der Waals surface area contributed by atoms with Crippen LogP contribution in [0, 0.1) is 0 Å². The summed E-state index contributed by atoms with van der Waals surface area (Å²) >= 11 is 1.53. The molecule has 1 amide bonds. The summed E-state index contributed by atoms with van der Waals surface area (Å²) in [6.07, 6.45) is 1.57. The van der Waals surface area contributed by atoms with Gasteiger partial charge in [-0.2, -0.15) is 0 Å². The summed E-state index contributed by atoms with van der Waals surface area (Å²) in [6, 6.07) is 11.5. The molecule has 6 nitrogen and oxygen atoms in total. The van der Waals surface area contributed by atoms with Gasteiger partial charge in [0.25, 0.3) is 5.91 Å². The molecule has 2 aromatic heterocycles. The van der Waals surface area contributed by atoms with E-state index in [1.54, 1.807) is 17.2 Å². The van der Waals surface area contributed by atoms with Gasteiger partial charge in [-0.3, -0.25) is 4.79 Å². The summed E-state index contributed by atoms with van der Waals surface area (Å²) in [5.41, 5.74) is 1.22. The van der Waals surface area contributed by atoms with E-state index in [9.17, 15) is 4.79 Å². The summed E-state index contributed by atoms with van der Waals surface area (Å²) in [5.74, 6) is -0.758. The number of fused-ring (bicyclic) bond motifs is 1. The first kappa shape index (κ1) is 18.0. The Morgan fingerprint density at radius 2 is 2.15 bits per heavy atom. The van der Waals surface area contributed by atoms with Crippen LogP contribution in [0.25, 0.3) is 10.9 Å². The molecule has 4 rings (SSSR count). The lowest BCUT2D eigenvalue weighted by molar-refractivity contribution is -0.139. The smallest absolute Gasteiger partial charge is 0.272 e. The van der Waals surface area contributed by atoms with Gasteiger partial charge < -0.3 is 14.4 Å². The van der Waals surface area contributed by atoms with E-state index in [1.807, 2.05) is 49.6 Å². The molecule has 1 fully saturated rings. The fraction of sp³-hybridized carbons (Fsp3) is 0.350. The second-order valence-electron chi connectivity index (χ2n) is 6.95. The van der Waals surface area contributed by atoms with Gasteiger partial charge in [-0.15, -0.1) is 11.3 Å². The molecule has 0 aliphatic carbocycles. The number of aromatic nitrogens is 2. The number of rotatable bonds is 5. The van der Waals surface area contributed by atoms with Gasteiger partial charge in [-0.05, 0) is 26.0 Å². The van der Waals surface area contributed by atoms with Crippen LogP contribution in [-0.2, 0) is 16.0 Å². The van der Waals surface area contributed by atoms with Crippen molar-refractivity contribution in [1.29, 1.82) is 0 Å². The molecule has 0 spiro atoms. The number of hydrogen-bond acceptors (Lipinski definition) is 6. The van der Waals surface area contributed by atoms with Crippen LogP contribution in [0.3, 0.4) is 0 Å². The van der Waals surface area contributed by atoms with Gasteiger partial charge in [-0.25, -0.2) is 9.97 Å². The van der Waals surface area contributed by atoms with Crippen LogP contribution in [0.1, 0.15) is 29.3 Å². The van der Waals surface area contributed by atoms with Gasteiger partial charge in [0.15, 0.2) is 5.79 Å². The zero-order chi connectivity index (χ0) is 18.9. The molecule has 0 radical (unpaired) electrons. The molecule has 0 N–H and O–H groups in total. The average Bonchev–Trinajstić information content (AvgIpc) is 3.29. The lowest BCUT2D eigenvalue weighted by Gasteiger charge is -2.25. The van der Waals surface area contributed by atoms with Crippen LogP contribution in [0.2, 0.25) is 0 Å². The molecule has 1 aliphatic rings. The molecule has 1 aromatic carbocycles. The molecule has 27 heavy (non-hydrogen) atoms. The molecule has 0 saturated carbocycles. The van der Waals surface area contributed by atoms with Crippen molar-refractivity contribution in [3.8, 4) is 0 Å². The first-order chi connectivity index (χ1) is 13.0. The van der Waals surface area contributed by atoms with Gasteiger partial charge in [0.05, 0.1) is 25.2 Å². The Balaban J connectivity index is 1.58. The summed E-state index contributed by atoms with van der Waals surface area (Å²) in [5, 5.41) is 3.79. The zero-order valence-electron chi connectivity index (χ0n) is 15.3. The number of nitrogens with zero attached hydrogens (tertiary/aromatic N) is 3. The Kier molecular flexibility index (Phi) is 4.90. The molecule has 0 bridgehead atoms. The number of hydrogen-bond donors (Lipinski definition) is 0. The number of ether oxygens (including phenoxy) is 2. The maximum Gasteiger partial charge on any atom is 0.272 e. The number of amides is 1. The van der Waals surface area contributed by atoms with E-state index in [2.05, 4.69) is 9.97 Å². The van der Waals surface area contributed by atoms with Gasteiger partial charge in [-0.1, -0.05) is 24.3 Å². The quantitative estimate of drug-likeness (QED) is 0.675. The van der Waals surface area contributed by atoms with E-state index in [0.29, 0.717) is 25.4 Å². The standard InChI is InChI=1S/C20H21N3O3S/c1-20(2)25-13-15(26-20)11-23(12-18-21-9-10-27-18)19(24)17-8-7-14-5-3-4-6-16(14)22-17/h3-10,15H,11-13H2,1-2H3/t15-/m1/s1. The number of benzene rings is 1. The highest BCUT2D eigenvalue weighted by Crippen LogP contribution is 2.24. The van der Waals surface area contributed by atoms with Gasteiger partial charge in [0, 0.05) is 17.0 Å². The zero-order valence-corrected chi connectivity index (χ0v) is 16.1. The Labute approximate surface area is 161 Å². The topological polar surface area (TPSA) is 64.5 Å². The third-order valence-electron chi connectivity index (χ3n) is 4.41. The largest absolute Gasteiger partial charge is 0.348 e. The van der Waals surface area contributed by atoms with Crippen molar-refractivity contribution in [3.05, 3.63) is 58.7 Å². The minimum absolute atomic E-state index is 0.135. The van der Waals surface area contributed by atoms with E-state index in [0.717, 1.165) is 15.9 Å². The molecular weight excluding hydrogens is 362 g/mol. The fourth-order valence-electron chi connectivity index (χ4n) is 3.16. The van der Waals surface area contributed by atoms with Crippen molar-refractivity contribution in [2.45, 2.75) is 32.3 Å². The van der Waals surface area contributed by atoms with Crippen molar-refractivity contribution >= 4 is 28.1 Å². The highest BCUT2D eigenvalue weighted by Gasteiger charge is 2.35. The van der Waals surface area contributed by atoms with E-state index < -0.39 is 5.79 Å². The predicted octanol–water partition coefficient (Wildman–Crippen LogP) is 3.49. The molecular formula is C20H21N3O3S. The van der Waals surface area contributed by atoms with Crippen LogP contribution in [0.5, 0.6) is 0 Å². The van der Waals surface area contributed by atoms with Crippen LogP contribution >= 0.6 is 11.3 Å². The Morgan fingerprint density at radius 3 is 2.89 bits per heavy atom. The number of thiazole rings is 1.